The highest BCUT2D eigenvalue weighted by Crippen LogP contribution is 2.22. The summed E-state index contributed by atoms with van der Waals surface area (Å²) < 4.78 is 13.2. The van der Waals surface area contributed by atoms with Crippen LogP contribution in [0.25, 0.3) is 10.9 Å². The average Bonchev–Trinajstić information content (AvgIpc) is 2.54. The Bertz CT molecular complexity index is 966. The fourth-order valence-corrected chi connectivity index (χ4v) is 2.37. The number of aromatic nitrogens is 1. The number of carbonyl (C=O) groups is 1. The number of carbonyl (C=O) groups excluding carboxylic acids is 1. The highest BCUT2D eigenvalue weighted by atomic mass is 35.5. The zero-order chi connectivity index (χ0) is 16.4. The Balaban J connectivity index is 1.95. The first-order chi connectivity index (χ1) is 11.1. The summed E-state index contributed by atoms with van der Waals surface area (Å²) in [6.45, 7) is 0. The Morgan fingerprint density at radius 3 is 2.83 bits per heavy atom. The van der Waals surface area contributed by atoms with Gasteiger partial charge in [-0.3, -0.25) is 4.79 Å². The Kier molecular flexibility index (Phi) is 3.92. The van der Waals surface area contributed by atoms with Crippen molar-refractivity contribution in [2.24, 2.45) is 0 Å². The van der Waals surface area contributed by atoms with Gasteiger partial charge in [-0.1, -0.05) is 17.7 Å². The topological polar surface area (TPSA) is 65.8 Å². The zero-order valence-corrected chi connectivity index (χ0v) is 12.4. The summed E-state index contributed by atoms with van der Waals surface area (Å²) in [7, 11) is 0. The first kappa shape index (κ1) is 14.9. The summed E-state index contributed by atoms with van der Waals surface area (Å²) in [6, 6.07) is 14.1. The molecule has 2 aromatic carbocycles. The number of nitriles is 1. The van der Waals surface area contributed by atoms with Crippen molar-refractivity contribution in [3.63, 3.8) is 0 Å². The number of hydrogen-bond donors (Lipinski definition) is 1. The summed E-state index contributed by atoms with van der Waals surface area (Å²) in [5.41, 5.74) is 1.46. The van der Waals surface area contributed by atoms with Gasteiger partial charge in [-0.15, -0.1) is 0 Å². The van der Waals surface area contributed by atoms with E-state index < -0.39 is 11.7 Å². The summed E-state index contributed by atoms with van der Waals surface area (Å²) in [6.07, 6.45) is 0. The Hall–Kier alpha value is -2.97. The number of halogens is 2. The molecule has 0 aliphatic heterocycles. The minimum absolute atomic E-state index is 0.0166. The normalized spacial score (nSPS) is 10.3. The predicted octanol–water partition coefficient (Wildman–Crippen LogP) is 4.15. The molecule has 112 valence electrons. The van der Waals surface area contributed by atoms with E-state index in [0.29, 0.717) is 22.2 Å². The van der Waals surface area contributed by atoms with Gasteiger partial charge in [-0.05, 0) is 36.4 Å². The van der Waals surface area contributed by atoms with Crippen LogP contribution in [0.2, 0.25) is 5.15 Å². The van der Waals surface area contributed by atoms with Gasteiger partial charge in [0.05, 0.1) is 22.7 Å². The van der Waals surface area contributed by atoms with Crippen LogP contribution in [0.3, 0.4) is 0 Å². The third kappa shape index (κ3) is 3.12. The second-order valence-electron chi connectivity index (χ2n) is 4.81. The Morgan fingerprint density at radius 2 is 2.04 bits per heavy atom. The van der Waals surface area contributed by atoms with Gasteiger partial charge >= 0.3 is 0 Å². The molecule has 0 radical (unpaired) electrons. The number of fused-ring (bicyclic) bond motifs is 1. The van der Waals surface area contributed by atoms with E-state index in [9.17, 15) is 9.18 Å². The SMILES string of the molecule is N#Cc1cccc(NC(=O)c2cc3ccc(F)cc3nc2Cl)c1. The number of anilines is 1. The fourth-order valence-electron chi connectivity index (χ4n) is 2.14. The van der Waals surface area contributed by atoms with Gasteiger partial charge < -0.3 is 5.32 Å². The summed E-state index contributed by atoms with van der Waals surface area (Å²) in [4.78, 5) is 16.4. The van der Waals surface area contributed by atoms with Crippen molar-refractivity contribution in [2.75, 3.05) is 5.32 Å². The molecule has 3 rings (SSSR count). The molecule has 0 saturated carbocycles. The third-order valence-electron chi connectivity index (χ3n) is 3.23. The van der Waals surface area contributed by atoms with Crippen molar-refractivity contribution in [1.82, 2.24) is 4.98 Å². The number of nitrogens with zero attached hydrogens (tertiary/aromatic N) is 2. The number of rotatable bonds is 2. The number of benzene rings is 2. The number of pyridine rings is 1. The van der Waals surface area contributed by atoms with Gasteiger partial charge in [0.2, 0.25) is 0 Å². The average molecular weight is 326 g/mol. The molecule has 1 amide bonds. The number of amides is 1. The second kappa shape index (κ2) is 6.03. The minimum atomic E-state index is -0.455. The third-order valence-corrected chi connectivity index (χ3v) is 3.52. The molecule has 0 aliphatic rings. The van der Waals surface area contributed by atoms with Crippen LogP contribution in [0, 0.1) is 17.1 Å². The van der Waals surface area contributed by atoms with Crippen LogP contribution in [-0.2, 0) is 0 Å². The maximum atomic E-state index is 13.2. The van der Waals surface area contributed by atoms with Crippen LogP contribution in [0.1, 0.15) is 15.9 Å². The van der Waals surface area contributed by atoms with Crippen molar-refractivity contribution in [3.05, 3.63) is 70.6 Å². The molecule has 1 N–H and O–H groups in total. The Labute approximate surface area is 136 Å². The molecule has 1 aromatic heterocycles. The second-order valence-corrected chi connectivity index (χ2v) is 5.17. The van der Waals surface area contributed by atoms with E-state index in [1.54, 1.807) is 30.3 Å². The van der Waals surface area contributed by atoms with E-state index in [1.165, 1.54) is 18.2 Å². The quantitative estimate of drug-likeness (QED) is 0.720. The lowest BCUT2D eigenvalue weighted by Crippen LogP contribution is -2.13. The van der Waals surface area contributed by atoms with E-state index >= 15 is 0 Å². The molecule has 0 spiro atoms. The predicted molar refractivity (Wildman–Crippen MR) is 85.8 cm³/mol. The summed E-state index contributed by atoms with van der Waals surface area (Å²) in [5.74, 6) is -0.879. The lowest BCUT2D eigenvalue weighted by Gasteiger charge is -2.08. The van der Waals surface area contributed by atoms with Crippen LogP contribution in [0.5, 0.6) is 0 Å². The maximum absolute atomic E-state index is 13.2. The molecule has 3 aromatic rings. The molecule has 1 heterocycles. The molecule has 0 aliphatic carbocycles. The molecule has 4 nitrogen and oxygen atoms in total. The van der Waals surface area contributed by atoms with Gasteiger partial charge in [0.1, 0.15) is 11.0 Å². The molecule has 0 unspecified atom stereocenters. The fraction of sp³-hybridized carbons (Fsp3) is 0. The summed E-state index contributed by atoms with van der Waals surface area (Å²) in [5, 5.41) is 12.1. The molecular formula is C17H9ClFN3O. The van der Waals surface area contributed by atoms with Crippen molar-refractivity contribution in [1.29, 1.82) is 5.26 Å². The molecule has 23 heavy (non-hydrogen) atoms. The number of hydrogen-bond acceptors (Lipinski definition) is 3. The summed E-state index contributed by atoms with van der Waals surface area (Å²) >= 11 is 6.03. The van der Waals surface area contributed by atoms with Crippen molar-refractivity contribution >= 4 is 34.1 Å². The largest absolute Gasteiger partial charge is 0.322 e. The maximum Gasteiger partial charge on any atom is 0.258 e. The first-order valence-corrected chi connectivity index (χ1v) is 7.02. The first-order valence-electron chi connectivity index (χ1n) is 6.64. The lowest BCUT2D eigenvalue weighted by atomic mass is 10.1. The van der Waals surface area contributed by atoms with Crippen molar-refractivity contribution in [3.8, 4) is 6.07 Å². The van der Waals surface area contributed by atoms with Crippen molar-refractivity contribution in [2.45, 2.75) is 0 Å². The highest BCUT2D eigenvalue weighted by molar-refractivity contribution is 6.33. The van der Waals surface area contributed by atoms with E-state index in [2.05, 4.69) is 10.3 Å². The van der Waals surface area contributed by atoms with E-state index in [4.69, 9.17) is 16.9 Å². The van der Waals surface area contributed by atoms with E-state index in [1.807, 2.05) is 6.07 Å². The molecule has 0 atom stereocenters. The van der Waals surface area contributed by atoms with Crippen LogP contribution in [0.4, 0.5) is 10.1 Å². The van der Waals surface area contributed by atoms with Gasteiger partial charge in [0.25, 0.3) is 5.91 Å². The number of nitrogens with one attached hydrogen (secondary N) is 1. The minimum Gasteiger partial charge on any atom is -0.322 e. The van der Waals surface area contributed by atoms with Gasteiger partial charge in [0.15, 0.2) is 0 Å². The monoisotopic (exact) mass is 325 g/mol. The molecule has 0 fully saturated rings. The Morgan fingerprint density at radius 1 is 1.22 bits per heavy atom. The lowest BCUT2D eigenvalue weighted by molar-refractivity contribution is 0.102. The zero-order valence-electron chi connectivity index (χ0n) is 11.7. The molecular weight excluding hydrogens is 317 g/mol. The van der Waals surface area contributed by atoms with E-state index in [-0.39, 0.29) is 10.7 Å². The van der Waals surface area contributed by atoms with Gasteiger partial charge in [-0.2, -0.15) is 5.26 Å². The van der Waals surface area contributed by atoms with Crippen LogP contribution >= 0.6 is 11.6 Å². The van der Waals surface area contributed by atoms with Crippen molar-refractivity contribution < 1.29 is 9.18 Å². The molecule has 0 bridgehead atoms. The van der Waals surface area contributed by atoms with Gasteiger partial charge in [0, 0.05) is 17.1 Å². The van der Waals surface area contributed by atoms with Gasteiger partial charge in [-0.25, -0.2) is 9.37 Å². The standard InChI is InChI=1S/C17H9ClFN3O/c18-16-14(7-11-4-5-12(19)8-15(11)22-16)17(23)21-13-3-1-2-10(6-13)9-20/h1-8H,(H,21,23). The molecule has 6 heteroatoms. The van der Waals surface area contributed by atoms with Crippen LogP contribution in [-0.4, -0.2) is 10.9 Å². The highest BCUT2D eigenvalue weighted by Gasteiger charge is 2.14. The smallest absolute Gasteiger partial charge is 0.258 e. The molecule has 0 saturated heterocycles. The van der Waals surface area contributed by atoms with Crippen LogP contribution in [0.15, 0.2) is 48.5 Å². The van der Waals surface area contributed by atoms with Crippen LogP contribution < -0.4 is 5.32 Å². The van der Waals surface area contributed by atoms with E-state index in [0.717, 1.165) is 0 Å².